The van der Waals surface area contributed by atoms with Crippen molar-refractivity contribution in [2.24, 2.45) is 0 Å². The summed E-state index contributed by atoms with van der Waals surface area (Å²) in [7, 11) is 0. The van der Waals surface area contributed by atoms with Gasteiger partial charge >= 0.3 is 0 Å². The van der Waals surface area contributed by atoms with Gasteiger partial charge in [-0.25, -0.2) is 0 Å². The molecule has 2 amide bonds. The first kappa shape index (κ1) is 19.7. The molecule has 0 aromatic heterocycles. The first-order chi connectivity index (χ1) is 13.0. The molecule has 0 unspecified atom stereocenters. The lowest BCUT2D eigenvalue weighted by atomic mass is 10.0. The molecule has 2 N–H and O–H groups in total. The molecule has 2 saturated heterocycles. The minimum absolute atomic E-state index is 0.0418. The van der Waals surface area contributed by atoms with Crippen LogP contribution in [0.15, 0.2) is 12.1 Å². The highest BCUT2D eigenvalue weighted by molar-refractivity contribution is 5.95. The fraction of sp³-hybridized carbons (Fsp3) is 0.619. The molecule has 2 heterocycles. The normalized spacial score (nSPS) is 20.2. The predicted molar refractivity (Wildman–Crippen MR) is 105 cm³/mol. The van der Waals surface area contributed by atoms with Gasteiger partial charge in [0.25, 0.3) is 11.8 Å². The van der Waals surface area contributed by atoms with Crippen LogP contribution < -0.4 is 15.4 Å². The zero-order valence-corrected chi connectivity index (χ0v) is 16.5. The molecule has 0 aliphatic carbocycles. The van der Waals surface area contributed by atoms with Crippen molar-refractivity contribution in [2.45, 2.75) is 52.0 Å². The van der Waals surface area contributed by atoms with Gasteiger partial charge in [0.15, 0.2) is 6.61 Å². The fourth-order valence-corrected chi connectivity index (χ4v) is 3.92. The molecule has 1 atom stereocenters. The van der Waals surface area contributed by atoms with Crippen LogP contribution in [0, 0.1) is 13.8 Å². The zero-order chi connectivity index (χ0) is 19.2. The summed E-state index contributed by atoms with van der Waals surface area (Å²) in [4.78, 5) is 26.8. The maximum absolute atomic E-state index is 12.6. The van der Waals surface area contributed by atoms with Crippen LogP contribution >= 0.6 is 0 Å². The van der Waals surface area contributed by atoms with Crippen LogP contribution in [-0.2, 0) is 4.79 Å². The molecule has 0 spiro atoms. The van der Waals surface area contributed by atoms with Crippen LogP contribution in [0.25, 0.3) is 0 Å². The van der Waals surface area contributed by atoms with Crippen molar-refractivity contribution in [3.63, 3.8) is 0 Å². The summed E-state index contributed by atoms with van der Waals surface area (Å²) < 4.78 is 5.83. The lowest BCUT2D eigenvalue weighted by Crippen LogP contribution is -2.45. The van der Waals surface area contributed by atoms with E-state index in [1.54, 1.807) is 0 Å². The number of carbonyl (C=O) groups is 2. The van der Waals surface area contributed by atoms with E-state index in [-0.39, 0.29) is 24.5 Å². The molecule has 2 aliphatic heterocycles. The molecule has 0 radical (unpaired) electrons. The second-order valence-electron chi connectivity index (χ2n) is 7.69. The number of amides is 2. The lowest BCUT2D eigenvalue weighted by molar-refractivity contribution is -0.134. The third-order valence-electron chi connectivity index (χ3n) is 5.40. The van der Waals surface area contributed by atoms with E-state index in [0.29, 0.717) is 11.3 Å². The van der Waals surface area contributed by atoms with E-state index >= 15 is 0 Å². The second-order valence-corrected chi connectivity index (χ2v) is 7.69. The average molecular weight is 373 g/mol. The van der Waals surface area contributed by atoms with E-state index in [2.05, 4.69) is 10.6 Å². The Morgan fingerprint density at radius 1 is 1.15 bits per heavy atom. The summed E-state index contributed by atoms with van der Waals surface area (Å²) in [6.45, 7) is 7.40. The van der Waals surface area contributed by atoms with Crippen molar-refractivity contribution < 1.29 is 14.3 Å². The Balaban J connectivity index is 1.60. The van der Waals surface area contributed by atoms with Crippen LogP contribution in [-0.4, -0.2) is 55.5 Å². The highest BCUT2D eigenvalue weighted by Crippen LogP contribution is 2.25. The van der Waals surface area contributed by atoms with Gasteiger partial charge in [-0.05, 0) is 75.8 Å². The summed E-state index contributed by atoms with van der Waals surface area (Å²) in [5, 5.41) is 6.41. The van der Waals surface area contributed by atoms with Crippen LogP contribution in [0.3, 0.4) is 0 Å². The largest absolute Gasteiger partial charge is 0.483 e. The molecule has 1 aromatic rings. The number of ether oxygens (including phenoxy) is 1. The Morgan fingerprint density at radius 2 is 1.85 bits per heavy atom. The SMILES string of the molecule is Cc1cc(C(=O)N[C@H]2CCCNC2)cc(C)c1OCC(=O)N1CCCCC1. The quantitative estimate of drug-likeness (QED) is 0.830. The maximum atomic E-state index is 12.6. The summed E-state index contributed by atoms with van der Waals surface area (Å²) in [6.07, 6.45) is 5.44. The molecule has 1 aromatic carbocycles. The molecule has 6 heteroatoms. The van der Waals surface area contributed by atoms with Crippen LogP contribution in [0.4, 0.5) is 0 Å². The van der Waals surface area contributed by atoms with Crippen molar-refractivity contribution in [3.05, 3.63) is 28.8 Å². The van der Waals surface area contributed by atoms with Gasteiger partial charge in [0, 0.05) is 31.2 Å². The second kappa shape index (κ2) is 9.22. The number of likely N-dealkylation sites (tertiary alicyclic amines) is 1. The van der Waals surface area contributed by atoms with E-state index < -0.39 is 0 Å². The van der Waals surface area contributed by atoms with Crippen molar-refractivity contribution in [1.29, 1.82) is 0 Å². The highest BCUT2D eigenvalue weighted by atomic mass is 16.5. The van der Waals surface area contributed by atoms with E-state index in [1.807, 2.05) is 30.9 Å². The van der Waals surface area contributed by atoms with Crippen molar-refractivity contribution in [2.75, 3.05) is 32.8 Å². The molecule has 2 aliphatic rings. The molecule has 0 saturated carbocycles. The molecule has 0 bridgehead atoms. The Bertz CT molecular complexity index is 654. The molecule has 2 fully saturated rings. The Labute approximate surface area is 161 Å². The minimum Gasteiger partial charge on any atom is -0.483 e. The van der Waals surface area contributed by atoms with Gasteiger partial charge in [0.2, 0.25) is 0 Å². The van der Waals surface area contributed by atoms with Crippen LogP contribution in [0.5, 0.6) is 5.75 Å². The lowest BCUT2D eigenvalue weighted by Gasteiger charge is -2.27. The van der Waals surface area contributed by atoms with Gasteiger partial charge in [0.05, 0.1) is 0 Å². The molecule has 3 rings (SSSR count). The minimum atomic E-state index is -0.0501. The third-order valence-corrected chi connectivity index (χ3v) is 5.40. The topological polar surface area (TPSA) is 70.7 Å². The summed E-state index contributed by atoms with van der Waals surface area (Å²) >= 11 is 0. The van der Waals surface area contributed by atoms with E-state index in [4.69, 9.17) is 4.74 Å². The van der Waals surface area contributed by atoms with Gasteiger partial charge in [-0.1, -0.05) is 0 Å². The average Bonchev–Trinajstić information content (AvgIpc) is 2.68. The first-order valence-corrected chi connectivity index (χ1v) is 10.1. The fourth-order valence-electron chi connectivity index (χ4n) is 3.92. The van der Waals surface area contributed by atoms with Crippen molar-refractivity contribution in [1.82, 2.24) is 15.5 Å². The first-order valence-electron chi connectivity index (χ1n) is 10.1. The number of carbonyl (C=O) groups excluding carboxylic acids is 2. The standard InChI is InChI=1S/C21H31N3O3/c1-15-11-17(21(26)23-18-7-6-8-22-13-18)12-16(2)20(15)27-14-19(25)24-9-4-3-5-10-24/h11-12,18,22H,3-10,13-14H2,1-2H3,(H,23,26)/t18-/m0/s1. The molecule has 6 nitrogen and oxygen atoms in total. The number of hydrogen-bond acceptors (Lipinski definition) is 4. The maximum Gasteiger partial charge on any atom is 0.260 e. The number of rotatable bonds is 5. The summed E-state index contributed by atoms with van der Waals surface area (Å²) in [5.41, 5.74) is 2.41. The molecule has 148 valence electrons. The smallest absolute Gasteiger partial charge is 0.260 e. The van der Waals surface area contributed by atoms with E-state index in [0.717, 1.165) is 63.0 Å². The van der Waals surface area contributed by atoms with Crippen LogP contribution in [0.2, 0.25) is 0 Å². The van der Waals surface area contributed by atoms with E-state index in [1.165, 1.54) is 6.42 Å². The van der Waals surface area contributed by atoms with Crippen LogP contribution in [0.1, 0.15) is 53.6 Å². The van der Waals surface area contributed by atoms with Crippen molar-refractivity contribution >= 4 is 11.8 Å². The Hall–Kier alpha value is -2.08. The molecular formula is C21H31N3O3. The third kappa shape index (κ3) is 5.22. The molecule has 27 heavy (non-hydrogen) atoms. The van der Waals surface area contributed by atoms with Crippen molar-refractivity contribution in [3.8, 4) is 5.75 Å². The Morgan fingerprint density at radius 3 is 2.48 bits per heavy atom. The number of aryl methyl sites for hydroxylation is 2. The number of benzene rings is 1. The molecular weight excluding hydrogens is 342 g/mol. The zero-order valence-electron chi connectivity index (χ0n) is 16.5. The monoisotopic (exact) mass is 373 g/mol. The van der Waals surface area contributed by atoms with E-state index in [9.17, 15) is 9.59 Å². The number of nitrogens with one attached hydrogen (secondary N) is 2. The number of piperidine rings is 2. The van der Waals surface area contributed by atoms with Gasteiger partial charge in [-0.3, -0.25) is 9.59 Å². The number of hydrogen-bond donors (Lipinski definition) is 2. The van der Waals surface area contributed by atoms with Gasteiger partial charge in [0.1, 0.15) is 5.75 Å². The summed E-state index contributed by atoms with van der Waals surface area (Å²) in [6, 6.07) is 3.88. The van der Waals surface area contributed by atoms with Gasteiger partial charge in [-0.15, -0.1) is 0 Å². The highest BCUT2D eigenvalue weighted by Gasteiger charge is 2.20. The predicted octanol–water partition coefficient (Wildman–Crippen LogP) is 2.18. The Kier molecular flexibility index (Phi) is 6.72. The number of nitrogens with zero attached hydrogens (tertiary/aromatic N) is 1. The van der Waals surface area contributed by atoms with Gasteiger partial charge in [-0.2, -0.15) is 0 Å². The summed E-state index contributed by atoms with van der Waals surface area (Å²) in [5.74, 6) is 0.696. The van der Waals surface area contributed by atoms with Gasteiger partial charge < -0.3 is 20.3 Å².